The van der Waals surface area contributed by atoms with Crippen LogP contribution in [0.4, 0.5) is 10.3 Å². The number of amides is 1. The van der Waals surface area contributed by atoms with E-state index in [0.29, 0.717) is 47.1 Å². The third kappa shape index (κ3) is 3.69. The maximum atomic E-state index is 14.5. The molecule has 1 aliphatic rings. The van der Waals surface area contributed by atoms with Gasteiger partial charge in [0.25, 0.3) is 5.91 Å². The lowest BCUT2D eigenvalue weighted by Gasteiger charge is -2.13. The van der Waals surface area contributed by atoms with Crippen LogP contribution < -0.4 is 10.1 Å². The molecule has 0 radical (unpaired) electrons. The van der Waals surface area contributed by atoms with Gasteiger partial charge in [-0.3, -0.25) is 9.20 Å². The van der Waals surface area contributed by atoms with Gasteiger partial charge in [0.05, 0.1) is 12.8 Å². The molecular weight excluding hydrogens is 435 g/mol. The van der Waals surface area contributed by atoms with Gasteiger partial charge in [-0.1, -0.05) is 12.1 Å². The highest BCUT2D eigenvalue weighted by atomic mass is 19.1. The molecule has 0 atom stereocenters. The Kier molecular flexibility index (Phi) is 5.34. The molecule has 0 bridgehead atoms. The molecule has 2 aromatic carbocycles. The molecule has 1 amide bonds. The summed E-state index contributed by atoms with van der Waals surface area (Å²) in [5.74, 6) is 0.743. The molecule has 170 valence electrons. The Bertz CT molecular complexity index is 1450. The minimum absolute atomic E-state index is 0.0908. The van der Waals surface area contributed by atoms with Crippen LogP contribution in [-0.4, -0.2) is 45.9 Å². The Morgan fingerprint density at radius 2 is 2.06 bits per heavy atom. The van der Waals surface area contributed by atoms with Crippen molar-refractivity contribution in [2.24, 2.45) is 0 Å². The standard InChI is InChI=1S/C25H21FN6O2/c1-31(2)24(33)16-5-3-15(4-6-16)19-12-28-25(32-14-17(11-27)30-23(19)32)29-13-20-18-9-10-34-22(18)8-7-21(20)26/h3-8,12,14H,9-10,13H2,1-2H3,(H,28,29). The van der Waals surface area contributed by atoms with Gasteiger partial charge in [0, 0.05) is 55.5 Å². The van der Waals surface area contributed by atoms with Gasteiger partial charge in [0.2, 0.25) is 5.95 Å². The second kappa shape index (κ2) is 8.48. The maximum Gasteiger partial charge on any atom is 0.253 e. The number of anilines is 1. The highest BCUT2D eigenvalue weighted by molar-refractivity contribution is 5.94. The number of carbonyl (C=O) groups is 1. The molecule has 0 spiro atoms. The summed E-state index contributed by atoms with van der Waals surface area (Å²) in [7, 11) is 3.40. The minimum Gasteiger partial charge on any atom is -0.493 e. The number of imidazole rings is 1. The maximum absolute atomic E-state index is 14.5. The van der Waals surface area contributed by atoms with E-state index in [1.165, 1.54) is 11.0 Å². The van der Waals surface area contributed by atoms with Crippen molar-refractivity contribution in [1.82, 2.24) is 19.3 Å². The molecule has 1 N–H and O–H groups in total. The van der Waals surface area contributed by atoms with Crippen molar-refractivity contribution in [2.75, 3.05) is 26.0 Å². The molecule has 1 aliphatic heterocycles. The number of benzene rings is 2. The number of carbonyl (C=O) groups excluding carboxylic acids is 1. The van der Waals surface area contributed by atoms with Crippen LogP contribution in [0.1, 0.15) is 27.2 Å². The number of ether oxygens (including phenoxy) is 1. The molecule has 34 heavy (non-hydrogen) atoms. The number of hydrogen-bond acceptors (Lipinski definition) is 6. The Morgan fingerprint density at radius 3 is 2.79 bits per heavy atom. The lowest BCUT2D eigenvalue weighted by Crippen LogP contribution is -2.21. The number of nitriles is 1. The minimum atomic E-state index is -0.305. The van der Waals surface area contributed by atoms with E-state index in [2.05, 4.69) is 21.4 Å². The number of aromatic nitrogens is 3. The number of rotatable bonds is 5. The summed E-state index contributed by atoms with van der Waals surface area (Å²) in [6, 6.07) is 12.3. The van der Waals surface area contributed by atoms with Crippen LogP contribution in [0, 0.1) is 17.1 Å². The molecule has 0 saturated heterocycles. The number of nitrogens with zero attached hydrogens (tertiary/aromatic N) is 5. The Balaban J connectivity index is 1.50. The van der Waals surface area contributed by atoms with Gasteiger partial charge in [-0.25, -0.2) is 14.4 Å². The monoisotopic (exact) mass is 456 g/mol. The zero-order valence-electron chi connectivity index (χ0n) is 18.7. The number of halogens is 1. The zero-order valence-corrected chi connectivity index (χ0v) is 18.7. The van der Waals surface area contributed by atoms with Crippen molar-refractivity contribution in [1.29, 1.82) is 5.26 Å². The summed E-state index contributed by atoms with van der Waals surface area (Å²) < 4.78 is 21.8. The van der Waals surface area contributed by atoms with Crippen molar-refractivity contribution < 1.29 is 13.9 Å². The summed E-state index contributed by atoms with van der Waals surface area (Å²) in [4.78, 5) is 22.7. The fourth-order valence-electron chi connectivity index (χ4n) is 4.09. The van der Waals surface area contributed by atoms with Crippen LogP contribution >= 0.6 is 0 Å². The van der Waals surface area contributed by atoms with E-state index in [0.717, 1.165) is 11.1 Å². The van der Waals surface area contributed by atoms with Gasteiger partial charge in [-0.15, -0.1) is 0 Å². The zero-order chi connectivity index (χ0) is 23.8. The smallest absolute Gasteiger partial charge is 0.253 e. The molecule has 0 unspecified atom stereocenters. The largest absolute Gasteiger partial charge is 0.493 e. The summed E-state index contributed by atoms with van der Waals surface area (Å²) in [5.41, 5.74) is 4.24. The summed E-state index contributed by atoms with van der Waals surface area (Å²) >= 11 is 0. The van der Waals surface area contributed by atoms with Crippen molar-refractivity contribution in [2.45, 2.75) is 13.0 Å². The molecular formula is C25H21FN6O2. The van der Waals surface area contributed by atoms with Gasteiger partial charge in [0.15, 0.2) is 11.3 Å². The first-order valence-electron chi connectivity index (χ1n) is 10.7. The Morgan fingerprint density at radius 1 is 1.26 bits per heavy atom. The van der Waals surface area contributed by atoms with Gasteiger partial charge in [-0.2, -0.15) is 5.26 Å². The van der Waals surface area contributed by atoms with Crippen molar-refractivity contribution in [3.8, 4) is 22.9 Å². The van der Waals surface area contributed by atoms with Crippen LogP contribution in [0.3, 0.4) is 0 Å². The van der Waals surface area contributed by atoms with E-state index in [1.54, 1.807) is 49.1 Å². The van der Waals surface area contributed by atoms with Gasteiger partial charge >= 0.3 is 0 Å². The predicted molar refractivity (Wildman–Crippen MR) is 124 cm³/mol. The summed E-state index contributed by atoms with van der Waals surface area (Å²) in [6.07, 6.45) is 3.90. The van der Waals surface area contributed by atoms with E-state index < -0.39 is 0 Å². The van der Waals surface area contributed by atoms with Crippen LogP contribution in [-0.2, 0) is 13.0 Å². The molecule has 0 fully saturated rings. The SMILES string of the molecule is CN(C)C(=O)c1ccc(-c2cnc(NCc3c(F)ccc4c3CCO4)n3cc(C#N)nc23)cc1. The third-order valence-corrected chi connectivity index (χ3v) is 5.82. The average Bonchev–Trinajstić information content (AvgIpc) is 3.50. The normalized spacial score (nSPS) is 12.2. The number of hydrogen-bond donors (Lipinski definition) is 1. The Labute approximate surface area is 195 Å². The lowest BCUT2D eigenvalue weighted by atomic mass is 10.0. The molecule has 3 heterocycles. The topological polar surface area (TPSA) is 95.5 Å². The van der Waals surface area contributed by atoms with Crippen LogP contribution in [0.15, 0.2) is 48.8 Å². The van der Waals surface area contributed by atoms with E-state index >= 15 is 0 Å². The number of fused-ring (bicyclic) bond motifs is 2. The lowest BCUT2D eigenvalue weighted by molar-refractivity contribution is 0.0827. The molecule has 0 aliphatic carbocycles. The first-order chi connectivity index (χ1) is 16.5. The van der Waals surface area contributed by atoms with E-state index in [9.17, 15) is 14.4 Å². The second-order valence-corrected chi connectivity index (χ2v) is 8.16. The van der Waals surface area contributed by atoms with E-state index in [1.807, 2.05) is 12.1 Å². The molecule has 0 saturated carbocycles. The summed E-state index contributed by atoms with van der Waals surface area (Å²) in [6.45, 7) is 0.746. The van der Waals surface area contributed by atoms with Gasteiger partial charge in [0.1, 0.15) is 17.6 Å². The van der Waals surface area contributed by atoms with Gasteiger partial charge in [-0.05, 0) is 29.8 Å². The van der Waals surface area contributed by atoms with Crippen LogP contribution in [0.2, 0.25) is 0 Å². The molecule has 2 aromatic heterocycles. The average molecular weight is 456 g/mol. The highest BCUT2D eigenvalue weighted by Gasteiger charge is 2.20. The van der Waals surface area contributed by atoms with E-state index in [4.69, 9.17) is 4.74 Å². The fourth-order valence-corrected chi connectivity index (χ4v) is 4.09. The van der Waals surface area contributed by atoms with E-state index in [-0.39, 0.29) is 24.0 Å². The van der Waals surface area contributed by atoms with Crippen molar-refractivity contribution in [3.63, 3.8) is 0 Å². The Hall–Kier alpha value is -4.45. The van der Waals surface area contributed by atoms with Crippen LogP contribution in [0.5, 0.6) is 5.75 Å². The van der Waals surface area contributed by atoms with Crippen molar-refractivity contribution >= 4 is 17.5 Å². The molecule has 4 aromatic rings. The first-order valence-corrected chi connectivity index (χ1v) is 10.7. The molecule has 8 nitrogen and oxygen atoms in total. The van der Waals surface area contributed by atoms with Gasteiger partial charge < -0.3 is 15.0 Å². The van der Waals surface area contributed by atoms with Crippen LogP contribution in [0.25, 0.3) is 16.8 Å². The number of nitrogens with one attached hydrogen (secondary N) is 1. The first kappa shape index (κ1) is 21.4. The quantitative estimate of drug-likeness (QED) is 0.493. The second-order valence-electron chi connectivity index (χ2n) is 8.16. The molecule has 5 rings (SSSR count). The highest BCUT2D eigenvalue weighted by Crippen LogP contribution is 2.31. The van der Waals surface area contributed by atoms with Crippen molar-refractivity contribution in [3.05, 3.63) is 77.0 Å². The predicted octanol–water partition coefficient (Wildman–Crippen LogP) is 3.66. The molecule has 9 heteroatoms. The third-order valence-electron chi connectivity index (χ3n) is 5.82. The summed E-state index contributed by atoms with van der Waals surface area (Å²) in [5, 5.41) is 12.6. The fraction of sp³-hybridized carbons (Fsp3) is 0.200.